The molecular weight excluding hydrogens is 403 g/mol. The normalized spacial score (nSPS) is 20.7. The number of halogens is 3. The molecular formula is C20H26F3N3O4. The van der Waals surface area contributed by atoms with Gasteiger partial charge in [-0.2, -0.15) is 4.98 Å². The van der Waals surface area contributed by atoms with Gasteiger partial charge in [0, 0.05) is 26.1 Å². The van der Waals surface area contributed by atoms with Gasteiger partial charge in [0.05, 0.1) is 23.7 Å². The Kier molecular flexibility index (Phi) is 6.74. The van der Waals surface area contributed by atoms with Crippen LogP contribution in [-0.4, -0.2) is 46.7 Å². The first-order chi connectivity index (χ1) is 14.1. The molecule has 1 N–H and O–H groups in total. The molecule has 166 valence electrons. The lowest BCUT2D eigenvalue weighted by molar-refractivity contribution is -0.274. The van der Waals surface area contributed by atoms with Gasteiger partial charge in [0.1, 0.15) is 11.9 Å². The van der Waals surface area contributed by atoms with Gasteiger partial charge in [-0.1, -0.05) is 0 Å². The van der Waals surface area contributed by atoms with Crippen molar-refractivity contribution >= 4 is 16.9 Å². The molecule has 1 amide bonds. The van der Waals surface area contributed by atoms with Gasteiger partial charge in [-0.05, 0) is 44.7 Å². The van der Waals surface area contributed by atoms with Crippen LogP contribution in [0.3, 0.4) is 0 Å². The minimum atomic E-state index is -4.74. The summed E-state index contributed by atoms with van der Waals surface area (Å²) in [5, 5.41) is 2.79. The first-order valence-corrected chi connectivity index (χ1v) is 9.88. The topological polar surface area (TPSA) is 74.6 Å². The molecule has 1 aromatic heterocycles. The quantitative estimate of drug-likeness (QED) is 0.727. The highest BCUT2D eigenvalue weighted by molar-refractivity contribution is 5.78. The fourth-order valence-electron chi connectivity index (χ4n) is 3.58. The maximum atomic E-state index is 12.4. The van der Waals surface area contributed by atoms with Gasteiger partial charge >= 0.3 is 6.36 Å². The van der Waals surface area contributed by atoms with Crippen molar-refractivity contribution in [1.29, 1.82) is 0 Å². The number of carbonyl (C=O) groups excluding carboxylic acids is 1. The number of hydrogen-bond acceptors (Lipinski definition) is 5. The highest BCUT2D eigenvalue weighted by Crippen LogP contribution is 2.30. The molecule has 1 heterocycles. The summed E-state index contributed by atoms with van der Waals surface area (Å²) in [5.41, 5.74) is 1.03. The first kappa shape index (κ1) is 22.2. The lowest BCUT2D eigenvalue weighted by atomic mass is 9.95. The Labute approximate surface area is 172 Å². The summed E-state index contributed by atoms with van der Waals surface area (Å²) in [6, 6.07) is 4.32. The summed E-state index contributed by atoms with van der Waals surface area (Å²) in [4.78, 5) is 15.4. The molecule has 7 nitrogen and oxygen atoms in total. The largest absolute Gasteiger partial charge is 0.573 e. The smallest absolute Gasteiger partial charge is 0.461 e. The number of nitrogens with zero attached hydrogens (tertiary/aromatic N) is 2. The van der Waals surface area contributed by atoms with Gasteiger partial charge in [0.2, 0.25) is 5.91 Å². The van der Waals surface area contributed by atoms with E-state index in [1.807, 2.05) is 6.92 Å². The number of rotatable bonds is 7. The predicted octanol–water partition coefficient (Wildman–Crippen LogP) is 3.70. The number of alkyl halides is 3. The minimum absolute atomic E-state index is 0.0392. The molecule has 3 rings (SSSR count). The highest BCUT2D eigenvalue weighted by atomic mass is 19.4. The summed E-state index contributed by atoms with van der Waals surface area (Å²) in [5.74, 6) is -0.376. The van der Waals surface area contributed by atoms with E-state index < -0.39 is 6.36 Å². The number of fused-ring (bicyclic) bond motifs is 1. The molecule has 1 aliphatic rings. The molecule has 1 aliphatic carbocycles. The van der Waals surface area contributed by atoms with Crippen LogP contribution in [0.15, 0.2) is 18.2 Å². The number of carbonyl (C=O) groups is 1. The van der Waals surface area contributed by atoms with E-state index in [0.29, 0.717) is 23.7 Å². The monoisotopic (exact) mass is 429 g/mol. The van der Waals surface area contributed by atoms with Crippen LogP contribution in [0, 0.1) is 0 Å². The zero-order chi connectivity index (χ0) is 21.9. The van der Waals surface area contributed by atoms with E-state index in [1.54, 1.807) is 11.6 Å². The number of benzene rings is 1. The standard InChI is InChI=1S/C20H26F3N3O4/c1-12(24-13(2)27)11-28-14-4-6-15(7-5-14)29-19-25-17-9-8-16(30-20(21,22)23)10-18(17)26(19)3/h8-10,12,14-15H,4-7,11H2,1-3H3,(H,24,27)/t12-,14?,15?/m0/s1. The summed E-state index contributed by atoms with van der Waals surface area (Å²) in [6.45, 7) is 3.83. The molecule has 1 fully saturated rings. The van der Waals surface area contributed by atoms with Crippen LogP contribution < -0.4 is 14.8 Å². The summed E-state index contributed by atoms with van der Waals surface area (Å²) in [7, 11) is 1.69. The second-order valence-corrected chi connectivity index (χ2v) is 7.60. The zero-order valence-corrected chi connectivity index (χ0v) is 17.2. The van der Waals surface area contributed by atoms with Crippen molar-refractivity contribution in [2.75, 3.05) is 6.61 Å². The second-order valence-electron chi connectivity index (χ2n) is 7.60. The Bertz CT molecular complexity index is 876. The van der Waals surface area contributed by atoms with E-state index in [9.17, 15) is 18.0 Å². The third-order valence-corrected chi connectivity index (χ3v) is 4.97. The Hall–Kier alpha value is -2.49. The van der Waals surface area contributed by atoms with Crippen molar-refractivity contribution in [1.82, 2.24) is 14.9 Å². The van der Waals surface area contributed by atoms with E-state index in [1.165, 1.54) is 25.1 Å². The maximum Gasteiger partial charge on any atom is 0.573 e. The molecule has 0 spiro atoms. The van der Waals surface area contributed by atoms with Crippen molar-refractivity contribution in [3.63, 3.8) is 0 Å². The third-order valence-electron chi connectivity index (χ3n) is 4.97. The predicted molar refractivity (Wildman–Crippen MR) is 103 cm³/mol. The molecule has 0 unspecified atom stereocenters. The molecule has 1 atom stereocenters. The van der Waals surface area contributed by atoms with Gasteiger partial charge in [-0.25, -0.2) is 0 Å². The van der Waals surface area contributed by atoms with Crippen LogP contribution in [0.2, 0.25) is 0 Å². The van der Waals surface area contributed by atoms with Crippen LogP contribution in [0.5, 0.6) is 11.8 Å². The van der Waals surface area contributed by atoms with Gasteiger partial charge in [-0.15, -0.1) is 13.2 Å². The Morgan fingerprint density at radius 1 is 1.27 bits per heavy atom. The van der Waals surface area contributed by atoms with Crippen LogP contribution in [0.25, 0.3) is 11.0 Å². The van der Waals surface area contributed by atoms with E-state index in [-0.39, 0.29) is 29.9 Å². The maximum absolute atomic E-state index is 12.4. The Morgan fingerprint density at radius 2 is 1.93 bits per heavy atom. The summed E-state index contributed by atoms with van der Waals surface area (Å²) < 4.78 is 54.8. The van der Waals surface area contributed by atoms with Crippen molar-refractivity contribution in [2.24, 2.45) is 7.05 Å². The van der Waals surface area contributed by atoms with Gasteiger partial charge in [0.15, 0.2) is 0 Å². The lowest BCUT2D eigenvalue weighted by Gasteiger charge is -2.29. The number of nitrogens with one attached hydrogen (secondary N) is 1. The molecule has 2 aromatic rings. The van der Waals surface area contributed by atoms with Crippen LogP contribution in [0.4, 0.5) is 13.2 Å². The van der Waals surface area contributed by atoms with Gasteiger partial charge < -0.3 is 19.5 Å². The fourth-order valence-corrected chi connectivity index (χ4v) is 3.58. The van der Waals surface area contributed by atoms with Crippen molar-refractivity contribution in [3.8, 4) is 11.8 Å². The average Bonchev–Trinajstić information content (AvgIpc) is 2.95. The number of amides is 1. The molecule has 10 heteroatoms. The number of aromatic nitrogens is 2. The average molecular weight is 429 g/mol. The van der Waals surface area contributed by atoms with E-state index in [2.05, 4.69) is 15.0 Å². The molecule has 0 saturated heterocycles. The first-order valence-electron chi connectivity index (χ1n) is 9.88. The highest BCUT2D eigenvalue weighted by Gasteiger charge is 2.31. The number of imidazole rings is 1. The van der Waals surface area contributed by atoms with Crippen molar-refractivity contribution < 1.29 is 32.2 Å². The Balaban J connectivity index is 1.54. The number of aryl methyl sites for hydroxylation is 1. The molecule has 1 aromatic carbocycles. The minimum Gasteiger partial charge on any atom is -0.461 e. The third kappa shape index (κ3) is 6.01. The number of ether oxygens (including phenoxy) is 3. The van der Waals surface area contributed by atoms with Gasteiger partial charge in [0.25, 0.3) is 6.01 Å². The second kappa shape index (κ2) is 9.11. The van der Waals surface area contributed by atoms with Crippen LogP contribution >= 0.6 is 0 Å². The van der Waals surface area contributed by atoms with Crippen LogP contribution in [0.1, 0.15) is 39.5 Å². The van der Waals surface area contributed by atoms with Crippen molar-refractivity contribution in [2.45, 2.75) is 64.1 Å². The molecule has 0 aliphatic heterocycles. The van der Waals surface area contributed by atoms with E-state index in [0.717, 1.165) is 25.7 Å². The zero-order valence-electron chi connectivity index (χ0n) is 17.2. The van der Waals surface area contributed by atoms with Gasteiger partial charge in [-0.3, -0.25) is 9.36 Å². The van der Waals surface area contributed by atoms with Crippen molar-refractivity contribution in [3.05, 3.63) is 18.2 Å². The van der Waals surface area contributed by atoms with Crippen LogP contribution in [-0.2, 0) is 16.6 Å². The van der Waals surface area contributed by atoms with E-state index >= 15 is 0 Å². The number of hydrogen-bond donors (Lipinski definition) is 1. The molecule has 0 radical (unpaired) electrons. The summed E-state index contributed by atoms with van der Waals surface area (Å²) >= 11 is 0. The van der Waals surface area contributed by atoms with E-state index in [4.69, 9.17) is 9.47 Å². The molecule has 30 heavy (non-hydrogen) atoms. The molecule has 1 saturated carbocycles. The SMILES string of the molecule is CC(=O)N[C@@H](C)COC1CCC(Oc2nc3ccc(OC(F)(F)F)cc3n2C)CC1. The summed E-state index contributed by atoms with van der Waals surface area (Å²) in [6.07, 6.45) is -1.46. The lowest BCUT2D eigenvalue weighted by Crippen LogP contribution is -2.37. The fraction of sp³-hybridized carbons (Fsp3) is 0.600. The molecule has 0 bridgehead atoms. The Morgan fingerprint density at radius 3 is 2.57 bits per heavy atom.